The second kappa shape index (κ2) is 7.40. The second-order valence-electron chi connectivity index (χ2n) is 7.81. The number of hydrogen-bond donors (Lipinski definition) is 1. The van der Waals surface area contributed by atoms with Crippen molar-refractivity contribution >= 4 is 22.9 Å². The molecule has 1 aliphatic heterocycles. The van der Waals surface area contributed by atoms with Crippen LogP contribution < -0.4 is 5.32 Å². The first kappa shape index (κ1) is 18.0. The highest BCUT2D eigenvalue weighted by atomic mass is 16.2. The molecule has 1 amide bonds. The molecule has 0 unspecified atom stereocenters. The molecule has 9 heteroatoms. The maximum Gasteiger partial charge on any atom is 0.253 e. The molecule has 1 N–H and O–H groups in total. The SMILES string of the molecule is CN1CCN(C(=O)c2ccc(CNc3ncnc4c3nnn4C3CC3)cc2)CC1. The van der Waals surface area contributed by atoms with Gasteiger partial charge in [0.15, 0.2) is 17.0 Å². The largest absolute Gasteiger partial charge is 0.364 e. The van der Waals surface area contributed by atoms with E-state index in [9.17, 15) is 4.79 Å². The lowest BCUT2D eigenvalue weighted by molar-refractivity contribution is 0.0664. The molecule has 2 fully saturated rings. The summed E-state index contributed by atoms with van der Waals surface area (Å²) in [6.45, 7) is 4.00. The third-order valence-electron chi connectivity index (χ3n) is 5.61. The van der Waals surface area contributed by atoms with Crippen molar-refractivity contribution in [2.45, 2.75) is 25.4 Å². The smallest absolute Gasteiger partial charge is 0.253 e. The Morgan fingerprint density at radius 3 is 2.59 bits per heavy atom. The van der Waals surface area contributed by atoms with Crippen LogP contribution in [0.5, 0.6) is 0 Å². The molecule has 0 bridgehead atoms. The van der Waals surface area contributed by atoms with Crippen molar-refractivity contribution in [3.63, 3.8) is 0 Å². The molecular weight excluding hydrogens is 368 g/mol. The maximum atomic E-state index is 12.7. The van der Waals surface area contributed by atoms with E-state index in [2.05, 4.69) is 37.5 Å². The van der Waals surface area contributed by atoms with E-state index in [0.717, 1.165) is 55.8 Å². The number of fused-ring (bicyclic) bond motifs is 1. The summed E-state index contributed by atoms with van der Waals surface area (Å²) in [5, 5.41) is 11.8. The van der Waals surface area contributed by atoms with Crippen LogP contribution in [0, 0.1) is 0 Å². The Hall–Kier alpha value is -3.07. The van der Waals surface area contributed by atoms with Crippen molar-refractivity contribution in [1.82, 2.24) is 34.8 Å². The van der Waals surface area contributed by atoms with Crippen LogP contribution in [0.1, 0.15) is 34.8 Å². The van der Waals surface area contributed by atoms with E-state index in [0.29, 0.717) is 23.9 Å². The van der Waals surface area contributed by atoms with Crippen LogP contribution in [0.2, 0.25) is 0 Å². The minimum atomic E-state index is 0.104. The second-order valence-corrected chi connectivity index (χ2v) is 7.81. The first-order valence-electron chi connectivity index (χ1n) is 10.1. The summed E-state index contributed by atoms with van der Waals surface area (Å²) in [5.74, 6) is 0.784. The Morgan fingerprint density at radius 2 is 1.86 bits per heavy atom. The van der Waals surface area contributed by atoms with Crippen LogP contribution in [0.25, 0.3) is 11.2 Å². The van der Waals surface area contributed by atoms with Gasteiger partial charge < -0.3 is 15.1 Å². The Bertz CT molecular complexity index is 1020. The number of aromatic nitrogens is 5. The monoisotopic (exact) mass is 392 g/mol. The van der Waals surface area contributed by atoms with Gasteiger partial charge in [0.05, 0.1) is 6.04 Å². The molecule has 150 valence electrons. The molecule has 0 radical (unpaired) electrons. The number of rotatable bonds is 5. The van der Waals surface area contributed by atoms with Gasteiger partial charge in [-0.15, -0.1) is 5.10 Å². The molecular formula is C20H24N8O. The lowest BCUT2D eigenvalue weighted by atomic mass is 10.1. The van der Waals surface area contributed by atoms with Crippen molar-refractivity contribution < 1.29 is 4.79 Å². The Kier molecular flexibility index (Phi) is 4.59. The van der Waals surface area contributed by atoms with E-state index >= 15 is 0 Å². The highest BCUT2D eigenvalue weighted by Crippen LogP contribution is 2.36. The molecule has 1 aromatic carbocycles. The molecule has 5 rings (SSSR count). The van der Waals surface area contributed by atoms with Crippen LogP contribution in [-0.2, 0) is 6.54 Å². The highest BCUT2D eigenvalue weighted by molar-refractivity contribution is 5.94. The van der Waals surface area contributed by atoms with Gasteiger partial charge in [0, 0.05) is 38.3 Å². The fourth-order valence-corrected chi connectivity index (χ4v) is 3.60. The summed E-state index contributed by atoms with van der Waals surface area (Å²) in [6.07, 6.45) is 3.81. The van der Waals surface area contributed by atoms with E-state index in [-0.39, 0.29) is 5.91 Å². The van der Waals surface area contributed by atoms with Crippen molar-refractivity contribution in [3.8, 4) is 0 Å². The predicted molar refractivity (Wildman–Crippen MR) is 109 cm³/mol. The number of amides is 1. The van der Waals surface area contributed by atoms with Gasteiger partial charge in [0.25, 0.3) is 5.91 Å². The summed E-state index contributed by atoms with van der Waals surface area (Å²) in [6, 6.07) is 8.19. The third-order valence-corrected chi connectivity index (χ3v) is 5.61. The first-order valence-corrected chi connectivity index (χ1v) is 10.1. The van der Waals surface area contributed by atoms with Gasteiger partial charge in [-0.3, -0.25) is 4.79 Å². The average molecular weight is 392 g/mol. The number of anilines is 1. The fraction of sp³-hybridized carbons (Fsp3) is 0.450. The first-order chi connectivity index (χ1) is 14.2. The standard InChI is InChI=1S/C20H24N8O/c1-26-8-10-27(11-9-26)20(29)15-4-2-14(3-5-15)12-21-18-17-19(23-13-22-18)28(25-24-17)16-6-7-16/h2-5,13,16H,6-12H2,1H3,(H,21,22,23). The van der Waals surface area contributed by atoms with E-state index in [4.69, 9.17) is 0 Å². The average Bonchev–Trinajstić information content (AvgIpc) is 3.51. The minimum absolute atomic E-state index is 0.104. The summed E-state index contributed by atoms with van der Waals surface area (Å²) in [4.78, 5) is 25.5. The lowest BCUT2D eigenvalue weighted by Crippen LogP contribution is -2.47. The summed E-state index contributed by atoms with van der Waals surface area (Å²) in [5.41, 5.74) is 3.27. The van der Waals surface area contributed by atoms with Gasteiger partial charge >= 0.3 is 0 Å². The summed E-state index contributed by atoms with van der Waals surface area (Å²) >= 11 is 0. The van der Waals surface area contributed by atoms with Crippen LogP contribution in [0.15, 0.2) is 30.6 Å². The molecule has 0 spiro atoms. The molecule has 1 aliphatic carbocycles. The van der Waals surface area contributed by atoms with Crippen molar-refractivity contribution in [1.29, 1.82) is 0 Å². The van der Waals surface area contributed by atoms with Gasteiger partial charge in [0.2, 0.25) is 0 Å². The Morgan fingerprint density at radius 1 is 1.10 bits per heavy atom. The molecule has 9 nitrogen and oxygen atoms in total. The normalized spacial score (nSPS) is 17.6. The van der Waals surface area contributed by atoms with Gasteiger partial charge in [0.1, 0.15) is 6.33 Å². The number of hydrogen-bond acceptors (Lipinski definition) is 7. The highest BCUT2D eigenvalue weighted by Gasteiger charge is 2.28. The zero-order valence-corrected chi connectivity index (χ0v) is 16.5. The van der Waals surface area contributed by atoms with Crippen molar-refractivity contribution in [3.05, 3.63) is 41.7 Å². The topological polar surface area (TPSA) is 92.1 Å². The molecule has 0 atom stereocenters. The van der Waals surface area contributed by atoms with Gasteiger partial charge in [-0.25, -0.2) is 14.6 Å². The van der Waals surface area contributed by atoms with Gasteiger partial charge in [-0.2, -0.15) is 0 Å². The minimum Gasteiger partial charge on any atom is -0.364 e. The van der Waals surface area contributed by atoms with Crippen LogP contribution in [0.4, 0.5) is 5.82 Å². The summed E-state index contributed by atoms with van der Waals surface area (Å²) in [7, 11) is 2.08. The van der Waals surface area contributed by atoms with Crippen LogP contribution in [0.3, 0.4) is 0 Å². The summed E-state index contributed by atoms with van der Waals surface area (Å²) < 4.78 is 1.89. The third kappa shape index (κ3) is 3.65. The van der Waals surface area contributed by atoms with E-state index in [1.54, 1.807) is 6.33 Å². The molecule has 29 heavy (non-hydrogen) atoms. The Labute approximate surface area is 168 Å². The number of nitrogens with zero attached hydrogens (tertiary/aromatic N) is 7. The molecule has 1 saturated carbocycles. The number of likely N-dealkylation sites (N-methyl/N-ethyl adjacent to an activating group) is 1. The fourth-order valence-electron chi connectivity index (χ4n) is 3.60. The number of piperazine rings is 1. The van der Waals surface area contributed by atoms with Crippen molar-refractivity contribution in [2.75, 3.05) is 38.5 Å². The zero-order valence-electron chi connectivity index (χ0n) is 16.5. The van der Waals surface area contributed by atoms with Gasteiger partial charge in [-0.1, -0.05) is 17.3 Å². The van der Waals surface area contributed by atoms with Gasteiger partial charge in [-0.05, 0) is 37.6 Å². The molecule has 1 saturated heterocycles. The zero-order chi connectivity index (χ0) is 19.8. The van der Waals surface area contributed by atoms with E-state index in [1.165, 1.54) is 0 Å². The number of nitrogens with one attached hydrogen (secondary N) is 1. The molecule has 2 aliphatic rings. The van der Waals surface area contributed by atoms with Crippen LogP contribution >= 0.6 is 0 Å². The lowest BCUT2D eigenvalue weighted by Gasteiger charge is -2.32. The van der Waals surface area contributed by atoms with E-state index in [1.807, 2.05) is 33.8 Å². The molecule has 3 aromatic rings. The molecule has 3 heterocycles. The molecule has 2 aromatic heterocycles. The van der Waals surface area contributed by atoms with E-state index < -0.39 is 0 Å². The number of carbonyl (C=O) groups is 1. The van der Waals surface area contributed by atoms with Crippen molar-refractivity contribution in [2.24, 2.45) is 0 Å². The maximum absolute atomic E-state index is 12.7. The number of carbonyl (C=O) groups excluding carboxylic acids is 1. The van der Waals surface area contributed by atoms with Crippen LogP contribution in [-0.4, -0.2) is 73.9 Å². The Balaban J connectivity index is 1.25. The quantitative estimate of drug-likeness (QED) is 0.704. The number of benzene rings is 1. The predicted octanol–water partition coefficient (Wildman–Crippen LogP) is 1.56.